The summed E-state index contributed by atoms with van der Waals surface area (Å²) >= 11 is 0. The van der Waals surface area contributed by atoms with Crippen molar-refractivity contribution in [1.29, 1.82) is 0 Å². The quantitative estimate of drug-likeness (QED) is 0.433. The largest absolute Gasteiger partial charge is 0.516 e. The minimum atomic E-state index is -3.49. The second kappa shape index (κ2) is 10.7. The third-order valence-corrected chi connectivity index (χ3v) is 5.98. The van der Waals surface area contributed by atoms with Crippen LogP contribution in [0.15, 0.2) is 0 Å². The Bertz CT molecular complexity index is 305. The number of carbonyl (C=O) groups excluding carboxylic acids is 1. The fourth-order valence-electron chi connectivity index (χ4n) is 1.84. The van der Waals surface area contributed by atoms with Crippen LogP contribution in [0.2, 0.25) is 5.54 Å². The van der Waals surface area contributed by atoms with Crippen LogP contribution in [0.1, 0.15) is 40.5 Å². The van der Waals surface area contributed by atoms with E-state index in [-0.39, 0.29) is 32.8 Å². The van der Waals surface area contributed by atoms with Crippen molar-refractivity contribution in [3.05, 3.63) is 0 Å². The van der Waals surface area contributed by atoms with Crippen LogP contribution in [0.5, 0.6) is 0 Å². The summed E-state index contributed by atoms with van der Waals surface area (Å²) in [6, 6.07) is 0. The van der Waals surface area contributed by atoms with Gasteiger partial charge in [-0.25, -0.2) is 0 Å². The molecule has 0 radical (unpaired) electrons. The van der Waals surface area contributed by atoms with E-state index in [1.807, 2.05) is 6.92 Å². The Morgan fingerprint density at radius 1 is 1.00 bits per heavy atom. The summed E-state index contributed by atoms with van der Waals surface area (Å²) in [5.41, 5.74) is -1.17. The summed E-state index contributed by atoms with van der Waals surface area (Å²) in [7, 11) is -3.49. The van der Waals surface area contributed by atoms with Crippen LogP contribution in [0.4, 0.5) is 0 Å². The number of ether oxygens (including phenoxy) is 1. The molecular formula is C13H26O7Si. The van der Waals surface area contributed by atoms with Gasteiger partial charge in [0, 0.05) is 19.8 Å². The summed E-state index contributed by atoms with van der Waals surface area (Å²) in [5, 5.41) is 9.45. The van der Waals surface area contributed by atoms with Crippen molar-refractivity contribution in [3.63, 3.8) is 0 Å². The zero-order valence-corrected chi connectivity index (χ0v) is 14.2. The van der Waals surface area contributed by atoms with E-state index in [2.05, 4.69) is 0 Å². The number of esters is 1. The number of hydrogen-bond donors (Lipinski definition) is 1. The Labute approximate surface area is 126 Å². The second-order valence-corrected chi connectivity index (χ2v) is 6.99. The first-order chi connectivity index (χ1) is 9.97. The first kappa shape index (κ1) is 20.0. The molecule has 8 heteroatoms. The van der Waals surface area contributed by atoms with Gasteiger partial charge in [-0.3, -0.25) is 9.59 Å². The Balaban J connectivity index is 5.19. The molecule has 0 fully saturated rings. The first-order valence-electron chi connectivity index (χ1n) is 7.27. The molecule has 0 saturated heterocycles. The Morgan fingerprint density at radius 2 is 1.48 bits per heavy atom. The fraction of sp³-hybridized carbons (Fsp3) is 0.846. The number of carboxylic acid groups (broad SMARTS) is 1. The molecule has 7 nitrogen and oxygen atoms in total. The summed E-state index contributed by atoms with van der Waals surface area (Å²) in [4.78, 5) is 23.3. The van der Waals surface area contributed by atoms with Crippen molar-refractivity contribution >= 4 is 20.7 Å². The van der Waals surface area contributed by atoms with E-state index in [9.17, 15) is 14.7 Å². The lowest BCUT2D eigenvalue weighted by Crippen LogP contribution is -2.53. The Kier molecular flexibility index (Phi) is 10.2. The number of rotatable bonds is 12. The molecule has 0 rings (SSSR count). The van der Waals surface area contributed by atoms with E-state index in [1.165, 1.54) is 0 Å². The van der Waals surface area contributed by atoms with Crippen molar-refractivity contribution in [1.82, 2.24) is 0 Å². The zero-order chi connectivity index (χ0) is 16.3. The van der Waals surface area contributed by atoms with Crippen molar-refractivity contribution in [2.24, 2.45) is 0 Å². The van der Waals surface area contributed by atoms with Gasteiger partial charge in [0.05, 0.1) is 13.0 Å². The normalized spacial score (nSPS) is 13.0. The second-order valence-electron chi connectivity index (χ2n) is 4.22. The smallest absolute Gasteiger partial charge is 0.481 e. The molecule has 0 bridgehead atoms. The molecule has 1 N–H and O–H groups in total. The van der Waals surface area contributed by atoms with E-state index in [1.54, 1.807) is 20.8 Å². The molecule has 0 amide bonds. The summed E-state index contributed by atoms with van der Waals surface area (Å²) < 4.78 is 21.6. The highest BCUT2D eigenvalue weighted by molar-refractivity contribution is 6.66. The number of aliphatic carboxylic acids is 1. The average Bonchev–Trinajstić information content (AvgIpc) is 2.42. The molecule has 0 heterocycles. The molecule has 0 aliphatic heterocycles. The van der Waals surface area contributed by atoms with Crippen LogP contribution in [-0.4, -0.2) is 52.3 Å². The van der Waals surface area contributed by atoms with Gasteiger partial charge in [-0.1, -0.05) is 6.92 Å². The highest BCUT2D eigenvalue weighted by atomic mass is 28.4. The Hall–Kier alpha value is -0.963. The fourth-order valence-corrected chi connectivity index (χ4v) is 4.62. The molecule has 124 valence electrons. The molecular weight excluding hydrogens is 296 g/mol. The predicted octanol–water partition coefficient (Wildman–Crippen LogP) is 1.83. The van der Waals surface area contributed by atoms with Gasteiger partial charge in [-0.2, -0.15) is 0 Å². The van der Waals surface area contributed by atoms with E-state index in [4.69, 9.17) is 18.0 Å². The highest BCUT2D eigenvalue weighted by Gasteiger charge is 2.54. The molecule has 0 spiro atoms. The van der Waals surface area contributed by atoms with Crippen molar-refractivity contribution in [3.8, 4) is 0 Å². The van der Waals surface area contributed by atoms with Gasteiger partial charge in [0.25, 0.3) is 0 Å². The van der Waals surface area contributed by atoms with Gasteiger partial charge in [0.2, 0.25) is 0 Å². The van der Waals surface area contributed by atoms with Crippen LogP contribution in [0.3, 0.4) is 0 Å². The summed E-state index contributed by atoms with van der Waals surface area (Å²) in [6.07, 6.45) is 0.357. The first-order valence-corrected chi connectivity index (χ1v) is 9.07. The monoisotopic (exact) mass is 322 g/mol. The molecule has 0 aliphatic carbocycles. The molecule has 21 heavy (non-hydrogen) atoms. The topological polar surface area (TPSA) is 91.3 Å². The number of hydrogen-bond acceptors (Lipinski definition) is 6. The molecule has 0 aromatic heterocycles. The lowest BCUT2D eigenvalue weighted by atomic mass is 10.3. The number of carboxylic acids is 1. The van der Waals surface area contributed by atoms with Crippen molar-refractivity contribution in [2.75, 3.05) is 26.4 Å². The lowest BCUT2D eigenvalue weighted by Gasteiger charge is -2.32. The SMILES string of the molecule is CCCOC(=O)CC(C(=O)O)[Si](OCC)(OCC)OCC. The van der Waals surface area contributed by atoms with E-state index < -0.39 is 26.3 Å². The molecule has 0 aliphatic rings. The van der Waals surface area contributed by atoms with Crippen molar-refractivity contribution < 1.29 is 32.7 Å². The minimum absolute atomic E-state index is 0.250. The third-order valence-electron chi connectivity index (χ3n) is 2.60. The van der Waals surface area contributed by atoms with Crippen LogP contribution in [0, 0.1) is 0 Å². The van der Waals surface area contributed by atoms with Gasteiger partial charge in [-0.05, 0) is 27.2 Å². The molecule has 0 aromatic carbocycles. The van der Waals surface area contributed by atoms with Crippen molar-refractivity contribution in [2.45, 2.75) is 46.1 Å². The predicted molar refractivity (Wildman–Crippen MR) is 77.9 cm³/mol. The van der Waals surface area contributed by atoms with Crippen LogP contribution >= 0.6 is 0 Å². The van der Waals surface area contributed by atoms with E-state index in [0.29, 0.717) is 6.42 Å². The minimum Gasteiger partial charge on any atom is -0.481 e. The van der Waals surface area contributed by atoms with E-state index >= 15 is 0 Å². The van der Waals surface area contributed by atoms with Gasteiger partial charge in [-0.15, -0.1) is 0 Å². The molecule has 0 saturated carbocycles. The van der Waals surface area contributed by atoms with Crippen LogP contribution in [0.25, 0.3) is 0 Å². The molecule has 1 unspecified atom stereocenters. The van der Waals surface area contributed by atoms with Gasteiger partial charge in [0.1, 0.15) is 5.54 Å². The highest BCUT2D eigenvalue weighted by Crippen LogP contribution is 2.30. The van der Waals surface area contributed by atoms with Gasteiger partial charge >= 0.3 is 20.7 Å². The Morgan fingerprint density at radius 3 is 1.81 bits per heavy atom. The standard InChI is InChI=1S/C13H26O7Si/c1-5-9-17-12(14)10-11(13(15)16)21(18-6-2,19-7-3)20-8-4/h11H,5-10H2,1-4H3,(H,15,16). The van der Waals surface area contributed by atoms with Crippen LogP contribution in [-0.2, 0) is 27.6 Å². The maximum absolute atomic E-state index is 11.7. The summed E-state index contributed by atoms with van der Waals surface area (Å²) in [5.74, 6) is -1.76. The van der Waals surface area contributed by atoms with Gasteiger partial charge < -0.3 is 23.1 Å². The lowest BCUT2D eigenvalue weighted by molar-refractivity contribution is -0.149. The molecule has 0 aromatic rings. The maximum Gasteiger partial charge on any atom is 0.516 e. The average molecular weight is 322 g/mol. The van der Waals surface area contributed by atoms with Gasteiger partial charge in [0.15, 0.2) is 0 Å². The zero-order valence-electron chi connectivity index (χ0n) is 13.2. The summed E-state index contributed by atoms with van der Waals surface area (Å²) in [6.45, 7) is 8.07. The molecule has 1 atom stereocenters. The van der Waals surface area contributed by atoms with E-state index in [0.717, 1.165) is 0 Å². The van der Waals surface area contributed by atoms with Crippen LogP contribution < -0.4 is 0 Å². The number of carbonyl (C=O) groups is 2. The maximum atomic E-state index is 11.7. The third kappa shape index (κ3) is 6.55.